The van der Waals surface area contributed by atoms with Crippen molar-refractivity contribution in [3.05, 3.63) is 34.7 Å². The van der Waals surface area contributed by atoms with Gasteiger partial charge >= 0.3 is 0 Å². The normalized spacial score (nSPS) is 10.7. The lowest BCUT2D eigenvalue weighted by Crippen LogP contribution is -2.13. The second kappa shape index (κ2) is 3.51. The van der Waals surface area contributed by atoms with Crippen LogP contribution in [0.3, 0.4) is 0 Å². The third kappa shape index (κ3) is 1.56. The number of pyridine rings is 1. The zero-order valence-electron chi connectivity index (χ0n) is 7.27. The topological polar surface area (TPSA) is 60.4 Å². The van der Waals surface area contributed by atoms with Crippen LogP contribution in [0.2, 0.25) is 0 Å². The number of hydrogen-bond donors (Lipinski definition) is 1. The van der Waals surface area contributed by atoms with E-state index in [4.69, 9.17) is 5.73 Å². The molecule has 14 heavy (non-hydrogen) atoms. The summed E-state index contributed by atoms with van der Waals surface area (Å²) in [6, 6.07) is 3.70. The highest BCUT2D eigenvalue weighted by atomic mass is 79.9. The number of hydrogen-bond acceptors (Lipinski definition) is 3. The van der Waals surface area contributed by atoms with Crippen molar-refractivity contribution < 1.29 is 4.79 Å². The van der Waals surface area contributed by atoms with Crippen molar-refractivity contribution in [2.45, 2.75) is 0 Å². The van der Waals surface area contributed by atoms with Crippen molar-refractivity contribution in [1.29, 1.82) is 0 Å². The van der Waals surface area contributed by atoms with Gasteiger partial charge in [-0.15, -0.1) is 0 Å². The summed E-state index contributed by atoms with van der Waals surface area (Å²) in [6.07, 6.45) is 3.52. The minimum atomic E-state index is -0.148. The van der Waals surface area contributed by atoms with Crippen molar-refractivity contribution in [3.63, 3.8) is 0 Å². The average Bonchev–Trinajstić information content (AvgIpc) is 2.59. The quantitative estimate of drug-likeness (QED) is 0.820. The first-order chi connectivity index (χ1) is 6.70. The van der Waals surface area contributed by atoms with Crippen LogP contribution in [-0.2, 0) is 0 Å². The number of carbonyl (C=O) groups excluding carboxylic acids is 1. The number of nitrogens with two attached hydrogens (primary N) is 1. The highest BCUT2D eigenvalue weighted by Gasteiger charge is 2.08. The lowest BCUT2D eigenvalue weighted by atomic mass is 10.3. The number of Topliss-reactive ketones (excluding diaryl/α,β-unsaturated/α-hetero) is 1. The van der Waals surface area contributed by atoms with Crippen LogP contribution in [0.5, 0.6) is 0 Å². The predicted molar refractivity (Wildman–Crippen MR) is 56.3 cm³/mol. The summed E-state index contributed by atoms with van der Waals surface area (Å²) in [5.41, 5.74) is 6.40. The zero-order valence-corrected chi connectivity index (χ0v) is 8.86. The minimum Gasteiger partial charge on any atom is -0.324 e. The van der Waals surface area contributed by atoms with E-state index >= 15 is 0 Å². The summed E-state index contributed by atoms with van der Waals surface area (Å²) in [4.78, 5) is 15.4. The number of imidazole rings is 1. The van der Waals surface area contributed by atoms with Crippen LogP contribution in [0.25, 0.3) is 5.65 Å². The number of rotatable bonds is 2. The van der Waals surface area contributed by atoms with Crippen LogP contribution in [-0.4, -0.2) is 21.7 Å². The Hall–Kier alpha value is -1.20. The summed E-state index contributed by atoms with van der Waals surface area (Å²) >= 11 is 3.34. The molecule has 0 saturated heterocycles. The molecule has 2 aromatic heterocycles. The molecule has 2 heterocycles. The Kier molecular flexibility index (Phi) is 2.35. The van der Waals surface area contributed by atoms with Gasteiger partial charge in [-0.05, 0) is 28.1 Å². The predicted octanol–water partition coefficient (Wildman–Crippen LogP) is 1.24. The molecular weight excluding hydrogens is 246 g/mol. The third-order valence-corrected chi connectivity index (χ3v) is 2.36. The van der Waals surface area contributed by atoms with Gasteiger partial charge in [-0.25, -0.2) is 4.98 Å². The molecule has 2 rings (SSSR count). The van der Waals surface area contributed by atoms with Gasteiger partial charge in [-0.3, -0.25) is 4.79 Å². The first-order valence-corrected chi connectivity index (χ1v) is 4.87. The number of nitrogens with zero attached hydrogens (tertiary/aromatic N) is 2. The summed E-state index contributed by atoms with van der Waals surface area (Å²) in [5.74, 6) is -0.148. The molecule has 0 saturated carbocycles. The van der Waals surface area contributed by atoms with Crippen LogP contribution in [0, 0.1) is 0 Å². The largest absolute Gasteiger partial charge is 0.324 e. The molecule has 0 atom stereocenters. The Balaban J connectivity index is 2.56. The van der Waals surface area contributed by atoms with Crippen molar-refractivity contribution in [1.82, 2.24) is 9.38 Å². The van der Waals surface area contributed by atoms with Crippen LogP contribution < -0.4 is 5.73 Å². The van der Waals surface area contributed by atoms with Gasteiger partial charge < -0.3 is 10.1 Å². The SMILES string of the molecule is NCC(=O)c1cn2cc(Br)ccc2n1. The molecule has 0 aliphatic rings. The molecule has 72 valence electrons. The van der Waals surface area contributed by atoms with Gasteiger partial charge in [-0.2, -0.15) is 0 Å². The Morgan fingerprint density at radius 2 is 2.29 bits per heavy atom. The summed E-state index contributed by atoms with van der Waals surface area (Å²) < 4.78 is 2.72. The monoisotopic (exact) mass is 253 g/mol. The van der Waals surface area contributed by atoms with Gasteiger partial charge in [0.15, 0.2) is 5.78 Å². The van der Waals surface area contributed by atoms with Gasteiger partial charge in [0.25, 0.3) is 0 Å². The lowest BCUT2D eigenvalue weighted by Gasteiger charge is -1.91. The smallest absolute Gasteiger partial charge is 0.196 e. The molecule has 0 spiro atoms. The van der Waals surface area contributed by atoms with Gasteiger partial charge in [0.2, 0.25) is 0 Å². The molecule has 0 aromatic carbocycles. The van der Waals surface area contributed by atoms with Crippen LogP contribution in [0.4, 0.5) is 0 Å². The molecule has 0 unspecified atom stereocenters. The molecular formula is C9H8BrN3O. The Bertz CT molecular complexity index is 492. The average molecular weight is 254 g/mol. The molecule has 0 fully saturated rings. The van der Waals surface area contributed by atoms with Gasteiger partial charge in [0.1, 0.15) is 11.3 Å². The summed E-state index contributed by atoms with van der Waals surface area (Å²) in [7, 11) is 0. The fraction of sp³-hybridized carbons (Fsp3) is 0.111. The van der Waals surface area contributed by atoms with E-state index in [1.807, 2.05) is 18.3 Å². The Morgan fingerprint density at radius 1 is 1.50 bits per heavy atom. The molecule has 5 heteroatoms. The van der Waals surface area contributed by atoms with E-state index in [1.54, 1.807) is 10.6 Å². The van der Waals surface area contributed by atoms with Gasteiger partial charge in [0, 0.05) is 16.9 Å². The Labute approximate surface area is 88.9 Å². The van der Waals surface area contributed by atoms with Crippen molar-refractivity contribution >= 4 is 27.4 Å². The number of carbonyl (C=O) groups is 1. The van der Waals surface area contributed by atoms with Crippen LogP contribution in [0.15, 0.2) is 29.0 Å². The summed E-state index contributed by atoms with van der Waals surface area (Å²) in [6.45, 7) is -0.00888. The number of aromatic nitrogens is 2. The van der Waals surface area contributed by atoms with Crippen molar-refractivity contribution in [3.8, 4) is 0 Å². The maximum atomic E-state index is 11.3. The minimum absolute atomic E-state index is 0.00888. The molecule has 0 bridgehead atoms. The summed E-state index contributed by atoms with van der Waals surface area (Å²) in [5, 5.41) is 0. The number of fused-ring (bicyclic) bond motifs is 1. The van der Waals surface area contributed by atoms with Crippen molar-refractivity contribution in [2.75, 3.05) is 6.54 Å². The Morgan fingerprint density at radius 3 is 3.00 bits per heavy atom. The molecule has 2 aromatic rings. The molecule has 0 amide bonds. The van der Waals surface area contributed by atoms with E-state index in [0.29, 0.717) is 5.69 Å². The molecule has 0 aliphatic carbocycles. The van der Waals surface area contributed by atoms with E-state index in [9.17, 15) is 4.79 Å². The fourth-order valence-corrected chi connectivity index (χ4v) is 1.56. The van der Waals surface area contributed by atoms with Gasteiger partial charge in [-0.1, -0.05) is 0 Å². The van der Waals surface area contributed by atoms with E-state index in [-0.39, 0.29) is 12.3 Å². The lowest BCUT2D eigenvalue weighted by molar-refractivity contribution is 0.0997. The highest BCUT2D eigenvalue weighted by molar-refractivity contribution is 9.10. The molecule has 4 nitrogen and oxygen atoms in total. The van der Waals surface area contributed by atoms with Crippen molar-refractivity contribution in [2.24, 2.45) is 5.73 Å². The maximum absolute atomic E-state index is 11.3. The van der Waals surface area contributed by atoms with Gasteiger partial charge in [0.05, 0.1) is 6.54 Å². The fourth-order valence-electron chi connectivity index (χ4n) is 1.20. The zero-order chi connectivity index (χ0) is 10.1. The van der Waals surface area contributed by atoms with E-state index in [2.05, 4.69) is 20.9 Å². The van der Waals surface area contributed by atoms with E-state index in [0.717, 1.165) is 10.1 Å². The van der Waals surface area contributed by atoms with E-state index in [1.165, 1.54) is 0 Å². The first kappa shape index (κ1) is 9.36. The third-order valence-electron chi connectivity index (χ3n) is 1.89. The number of halogens is 1. The molecule has 0 radical (unpaired) electrons. The molecule has 2 N–H and O–H groups in total. The number of ketones is 1. The first-order valence-electron chi connectivity index (χ1n) is 4.08. The maximum Gasteiger partial charge on any atom is 0.196 e. The molecule has 0 aliphatic heterocycles. The second-order valence-corrected chi connectivity index (χ2v) is 3.78. The van der Waals surface area contributed by atoms with E-state index < -0.39 is 0 Å². The standard InChI is InChI=1S/C9H8BrN3O/c10-6-1-2-9-12-7(8(14)3-11)5-13(9)4-6/h1-2,4-5H,3,11H2. The van der Waals surface area contributed by atoms with Crippen LogP contribution >= 0.6 is 15.9 Å². The van der Waals surface area contributed by atoms with Crippen LogP contribution in [0.1, 0.15) is 10.5 Å². The second-order valence-electron chi connectivity index (χ2n) is 2.87. The highest BCUT2D eigenvalue weighted by Crippen LogP contribution is 2.12.